The topological polar surface area (TPSA) is 70.4 Å². The molecule has 0 bridgehead atoms. The molecule has 0 aromatic carbocycles. The Morgan fingerprint density at radius 2 is 2.21 bits per heavy atom. The van der Waals surface area contributed by atoms with E-state index < -0.39 is 5.60 Å². The van der Waals surface area contributed by atoms with Gasteiger partial charge in [-0.05, 0) is 51.5 Å². The van der Waals surface area contributed by atoms with Crippen LogP contribution < -0.4 is 0 Å². The van der Waals surface area contributed by atoms with Crippen LogP contribution in [0.15, 0.2) is 23.3 Å². The molecule has 1 saturated heterocycles. The molecule has 4 aliphatic rings. The number of amides is 1. The third kappa shape index (κ3) is 2.05. The molecule has 3 fully saturated rings. The molecule has 2 saturated carbocycles. The average Bonchev–Trinajstić information content (AvgIpc) is 3.08. The second kappa shape index (κ2) is 4.72. The van der Waals surface area contributed by atoms with Crippen LogP contribution >= 0.6 is 0 Å². The second-order valence-corrected chi connectivity index (χ2v) is 8.47. The van der Waals surface area contributed by atoms with Gasteiger partial charge in [0, 0.05) is 24.0 Å². The van der Waals surface area contributed by atoms with Crippen LogP contribution in [0.5, 0.6) is 0 Å². The number of carbonyl (C=O) groups excluding carboxylic acids is 2. The zero-order valence-electron chi connectivity index (χ0n) is 14.3. The number of nitrogens with zero attached hydrogens (tertiary/aromatic N) is 2. The van der Waals surface area contributed by atoms with Crippen molar-refractivity contribution in [3.8, 4) is 6.07 Å². The number of fused-ring (bicyclic) bond motifs is 1. The predicted octanol–water partition coefficient (Wildman–Crippen LogP) is 2.98. The van der Waals surface area contributed by atoms with Crippen molar-refractivity contribution in [2.75, 3.05) is 6.54 Å². The Labute approximate surface area is 141 Å². The van der Waals surface area contributed by atoms with Crippen molar-refractivity contribution in [2.24, 2.45) is 17.3 Å². The summed E-state index contributed by atoms with van der Waals surface area (Å²) in [5, 5.41) is 9.11. The molecular weight excluding hydrogens is 304 g/mol. The fraction of sp³-hybridized carbons (Fsp3) is 0.632. The van der Waals surface area contributed by atoms with Crippen LogP contribution in [0.3, 0.4) is 0 Å². The first kappa shape index (κ1) is 15.4. The number of Topliss-reactive ketones (excluding diaryl/α,β-unsaturated/α-hetero) is 1. The third-order valence-electron chi connectivity index (χ3n) is 5.89. The van der Waals surface area contributed by atoms with Crippen LogP contribution in [0, 0.1) is 28.6 Å². The molecular formula is C19H22N2O3. The third-order valence-corrected chi connectivity index (χ3v) is 5.89. The molecule has 1 spiro atoms. The van der Waals surface area contributed by atoms with E-state index in [-0.39, 0.29) is 29.3 Å². The van der Waals surface area contributed by atoms with E-state index in [1.165, 1.54) is 0 Å². The van der Waals surface area contributed by atoms with Crippen molar-refractivity contribution < 1.29 is 14.3 Å². The summed E-state index contributed by atoms with van der Waals surface area (Å²) in [5.74, 6) is 0.766. The standard InChI is InChI=1S/C19H22N2O3/c1-18(2,3)24-17(23)21-10-13-8-19(13)14-5-4-11(9-20)6-12(14)7-15(22)16(19)21/h4,6,13-14,16H,5,7-8,10H2,1-3H3. The molecule has 24 heavy (non-hydrogen) atoms. The van der Waals surface area contributed by atoms with Crippen molar-refractivity contribution in [1.29, 1.82) is 5.26 Å². The van der Waals surface area contributed by atoms with Crippen LogP contribution in [-0.4, -0.2) is 35.0 Å². The van der Waals surface area contributed by atoms with Crippen molar-refractivity contribution in [3.05, 3.63) is 23.3 Å². The molecule has 126 valence electrons. The van der Waals surface area contributed by atoms with Gasteiger partial charge in [-0.2, -0.15) is 5.26 Å². The number of nitriles is 1. The van der Waals surface area contributed by atoms with Gasteiger partial charge in [-0.25, -0.2) is 4.79 Å². The second-order valence-electron chi connectivity index (χ2n) is 8.47. The minimum atomic E-state index is -0.560. The van der Waals surface area contributed by atoms with Crippen LogP contribution in [0.2, 0.25) is 0 Å². The molecule has 0 aromatic heterocycles. The van der Waals surface area contributed by atoms with Crippen molar-refractivity contribution in [1.82, 2.24) is 4.90 Å². The van der Waals surface area contributed by atoms with Gasteiger partial charge in [-0.15, -0.1) is 0 Å². The number of rotatable bonds is 0. The fourth-order valence-corrected chi connectivity index (χ4v) is 5.03. The molecule has 0 aromatic rings. The van der Waals surface area contributed by atoms with Crippen LogP contribution in [0.25, 0.3) is 0 Å². The molecule has 1 aliphatic heterocycles. The summed E-state index contributed by atoms with van der Waals surface area (Å²) in [5.41, 5.74) is 1.07. The first-order valence-corrected chi connectivity index (χ1v) is 8.59. The van der Waals surface area contributed by atoms with Crippen molar-refractivity contribution in [3.63, 3.8) is 0 Å². The maximum absolute atomic E-state index is 12.8. The zero-order valence-corrected chi connectivity index (χ0v) is 14.3. The number of ether oxygens (including phenoxy) is 1. The Morgan fingerprint density at radius 3 is 2.88 bits per heavy atom. The van der Waals surface area contributed by atoms with Crippen LogP contribution in [0.4, 0.5) is 4.79 Å². The SMILES string of the molecule is CC(C)(C)OC(=O)N1CC2CC23C2CC=C(C#N)C=C2CC(=O)C13. The molecule has 0 radical (unpaired) electrons. The molecule has 3 aliphatic carbocycles. The Balaban J connectivity index is 1.64. The largest absolute Gasteiger partial charge is 0.444 e. The lowest BCUT2D eigenvalue weighted by atomic mass is 9.66. The van der Waals surface area contributed by atoms with E-state index in [1.807, 2.05) is 32.9 Å². The number of ketones is 1. The highest BCUT2D eigenvalue weighted by molar-refractivity contribution is 5.93. The number of likely N-dealkylation sites (tertiary alicyclic amines) is 1. The van der Waals surface area contributed by atoms with Gasteiger partial charge in [-0.3, -0.25) is 9.69 Å². The Morgan fingerprint density at radius 1 is 1.46 bits per heavy atom. The highest BCUT2D eigenvalue weighted by Gasteiger charge is 2.73. The van der Waals surface area contributed by atoms with Crippen LogP contribution in [0.1, 0.15) is 40.0 Å². The molecule has 5 nitrogen and oxygen atoms in total. The summed E-state index contributed by atoms with van der Waals surface area (Å²) in [7, 11) is 0. The number of piperidine rings is 1. The van der Waals surface area contributed by atoms with E-state index in [9.17, 15) is 9.59 Å². The minimum Gasteiger partial charge on any atom is -0.444 e. The highest BCUT2D eigenvalue weighted by Crippen LogP contribution is 2.70. The van der Waals surface area contributed by atoms with Gasteiger partial charge in [0.2, 0.25) is 0 Å². The smallest absolute Gasteiger partial charge is 0.410 e. The Hall–Kier alpha value is -2.09. The lowest BCUT2D eigenvalue weighted by Crippen LogP contribution is -2.52. The minimum absolute atomic E-state index is 0.0996. The molecule has 1 heterocycles. The molecule has 0 N–H and O–H groups in total. The maximum Gasteiger partial charge on any atom is 0.410 e. The van der Waals surface area contributed by atoms with E-state index in [4.69, 9.17) is 10.00 Å². The van der Waals surface area contributed by atoms with E-state index in [2.05, 4.69) is 6.07 Å². The maximum atomic E-state index is 12.8. The molecule has 4 atom stereocenters. The highest BCUT2D eigenvalue weighted by atomic mass is 16.6. The molecule has 5 heteroatoms. The molecule has 1 amide bonds. The van der Waals surface area contributed by atoms with Gasteiger partial charge in [0.1, 0.15) is 11.6 Å². The van der Waals surface area contributed by atoms with E-state index >= 15 is 0 Å². The fourth-order valence-electron chi connectivity index (χ4n) is 5.03. The lowest BCUT2D eigenvalue weighted by Gasteiger charge is -2.42. The number of allylic oxidation sites excluding steroid dienone is 4. The molecule has 4 rings (SSSR count). The summed E-state index contributed by atoms with van der Waals surface area (Å²) in [6.45, 7) is 6.15. The number of hydrogen-bond acceptors (Lipinski definition) is 4. The predicted molar refractivity (Wildman–Crippen MR) is 86.8 cm³/mol. The van der Waals surface area contributed by atoms with Gasteiger partial charge in [0.05, 0.1) is 6.07 Å². The lowest BCUT2D eigenvalue weighted by molar-refractivity contribution is -0.127. The average molecular weight is 326 g/mol. The van der Waals surface area contributed by atoms with Gasteiger partial charge in [0.15, 0.2) is 5.78 Å². The van der Waals surface area contributed by atoms with Gasteiger partial charge in [-0.1, -0.05) is 11.6 Å². The van der Waals surface area contributed by atoms with Gasteiger partial charge >= 0.3 is 6.09 Å². The number of hydrogen-bond donors (Lipinski definition) is 0. The van der Waals surface area contributed by atoms with Crippen LogP contribution in [-0.2, 0) is 9.53 Å². The first-order chi connectivity index (χ1) is 11.3. The van der Waals surface area contributed by atoms with Crippen molar-refractivity contribution in [2.45, 2.75) is 51.7 Å². The quantitative estimate of drug-likeness (QED) is 0.686. The summed E-state index contributed by atoms with van der Waals surface area (Å²) in [6, 6.07) is 1.83. The zero-order chi connectivity index (χ0) is 17.3. The van der Waals surface area contributed by atoms with E-state index in [0.717, 1.165) is 18.4 Å². The Kier molecular flexibility index (Phi) is 3.04. The van der Waals surface area contributed by atoms with E-state index in [0.29, 0.717) is 24.5 Å². The first-order valence-electron chi connectivity index (χ1n) is 8.59. The van der Waals surface area contributed by atoms with Crippen molar-refractivity contribution >= 4 is 11.9 Å². The summed E-state index contributed by atoms with van der Waals surface area (Å²) in [4.78, 5) is 27.1. The summed E-state index contributed by atoms with van der Waals surface area (Å²) >= 11 is 0. The number of carbonyl (C=O) groups is 2. The summed E-state index contributed by atoms with van der Waals surface area (Å²) < 4.78 is 5.52. The normalized spacial score (nSPS) is 36.7. The van der Waals surface area contributed by atoms with Gasteiger partial charge in [0.25, 0.3) is 0 Å². The van der Waals surface area contributed by atoms with Gasteiger partial charge < -0.3 is 4.74 Å². The monoisotopic (exact) mass is 326 g/mol. The molecule has 4 unspecified atom stereocenters. The summed E-state index contributed by atoms with van der Waals surface area (Å²) in [6.07, 6.45) is 5.65. The van der Waals surface area contributed by atoms with E-state index in [1.54, 1.807) is 4.90 Å². The Bertz CT molecular complexity index is 737.